The first kappa shape index (κ1) is 13.0. The fourth-order valence-corrected chi connectivity index (χ4v) is 1.96. The summed E-state index contributed by atoms with van der Waals surface area (Å²) in [6.45, 7) is 10.9. The SMILES string of the molecule is C1CCC2(C1)CNC2.CC.CCC. The van der Waals surface area contributed by atoms with Gasteiger partial charge in [-0.15, -0.1) is 0 Å². The molecule has 0 bridgehead atoms. The van der Waals surface area contributed by atoms with Gasteiger partial charge in [-0.2, -0.15) is 0 Å². The average Bonchev–Trinajstić information content (AvgIpc) is 2.56. The first-order valence-corrected chi connectivity index (χ1v) is 6.04. The molecule has 2 aliphatic rings. The lowest BCUT2D eigenvalue weighted by molar-refractivity contribution is 0.178. The summed E-state index contributed by atoms with van der Waals surface area (Å²) < 4.78 is 0. The molecular formula is C12H27N. The van der Waals surface area contributed by atoms with Crippen molar-refractivity contribution in [3.05, 3.63) is 0 Å². The van der Waals surface area contributed by atoms with Crippen LogP contribution in [0, 0.1) is 5.41 Å². The molecule has 80 valence electrons. The molecule has 1 heterocycles. The van der Waals surface area contributed by atoms with Crippen molar-refractivity contribution in [3.8, 4) is 0 Å². The predicted molar refractivity (Wildman–Crippen MR) is 61.1 cm³/mol. The van der Waals surface area contributed by atoms with Crippen molar-refractivity contribution in [1.82, 2.24) is 5.32 Å². The van der Waals surface area contributed by atoms with Crippen molar-refractivity contribution in [2.24, 2.45) is 5.41 Å². The van der Waals surface area contributed by atoms with E-state index in [9.17, 15) is 0 Å². The van der Waals surface area contributed by atoms with Gasteiger partial charge in [-0.05, 0) is 18.3 Å². The second kappa shape index (κ2) is 7.37. The molecular weight excluding hydrogens is 158 g/mol. The zero-order valence-electron chi connectivity index (χ0n) is 9.95. The third-order valence-corrected chi connectivity index (χ3v) is 2.66. The first-order valence-electron chi connectivity index (χ1n) is 6.04. The zero-order chi connectivity index (χ0) is 10.2. The van der Waals surface area contributed by atoms with Gasteiger partial charge in [0.05, 0.1) is 0 Å². The topological polar surface area (TPSA) is 12.0 Å². The van der Waals surface area contributed by atoms with E-state index >= 15 is 0 Å². The van der Waals surface area contributed by atoms with Crippen molar-refractivity contribution in [2.45, 2.75) is 59.8 Å². The molecule has 0 amide bonds. The van der Waals surface area contributed by atoms with Crippen LogP contribution >= 0.6 is 0 Å². The minimum atomic E-state index is 0.806. The molecule has 1 heteroatoms. The van der Waals surface area contributed by atoms with Gasteiger partial charge in [-0.25, -0.2) is 0 Å². The van der Waals surface area contributed by atoms with E-state index in [1.165, 1.54) is 45.2 Å². The fourth-order valence-electron chi connectivity index (χ4n) is 1.96. The molecule has 1 spiro atoms. The van der Waals surface area contributed by atoms with Gasteiger partial charge in [0.25, 0.3) is 0 Å². The summed E-state index contributed by atoms with van der Waals surface area (Å²) in [5.41, 5.74) is 0.806. The van der Waals surface area contributed by atoms with Crippen molar-refractivity contribution < 1.29 is 0 Å². The van der Waals surface area contributed by atoms with E-state index in [-0.39, 0.29) is 0 Å². The van der Waals surface area contributed by atoms with E-state index in [2.05, 4.69) is 19.2 Å². The molecule has 1 aliphatic heterocycles. The number of hydrogen-bond acceptors (Lipinski definition) is 1. The normalized spacial score (nSPS) is 22.2. The third-order valence-electron chi connectivity index (χ3n) is 2.66. The lowest BCUT2D eigenvalue weighted by Gasteiger charge is -2.39. The fraction of sp³-hybridized carbons (Fsp3) is 1.00. The molecule has 2 rings (SSSR count). The van der Waals surface area contributed by atoms with E-state index < -0.39 is 0 Å². The zero-order valence-corrected chi connectivity index (χ0v) is 9.95. The second-order valence-corrected chi connectivity index (χ2v) is 4.02. The molecule has 1 saturated heterocycles. The Bertz CT molecular complexity index is 97.7. The summed E-state index contributed by atoms with van der Waals surface area (Å²) in [5, 5.41) is 3.34. The standard InChI is InChI=1S/C7H13N.C3H8.C2H6/c1-2-4-7(3-1)5-8-6-7;1-3-2;1-2/h8H,1-6H2;3H2,1-2H3;1-2H3. The van der Waals surface area contributed by atoms with Crippen LogP contribution in [-0.2, 0) is 0 Å². The van der Waals surface area contributed by atoms with Crippen LogP contribution in [0.2, 0.25) is 0 Å². The molecule has 1 nitrogen and oxygen atoms in total. The van der Waals surface area contributed by atoms with Gasteiger partial charge in [0.2, 0.25) is 0 Å². The smallest absolute Gasteiger partial charge is 0.00202 e. The molecule has 2 fully saturated rings. The van der Waals surface area contributed by atoms with E-state index in [1.807, 2.05) is 13.8 Å². The van der Waals surface area contributed by atoms with Crippen LogP contribution in [0.25, 0.3) is 0 Å². The summed E-state index contributed by atoms with van der Waals surface area (Å²) in [5.74, 6) is 0. The highest BCUT2D eigenvalue weighted by atomic mass is 15.0. The minimum absolute atomic E-state index is 0.806. The number of hydrogen-bond donors (Lipinski definition) is 1. The largest absolute Gasteiger partial charge is 0.316 e. The lowest BCUT2D eigenvalue weighted by Crippen LogP contribution is -2.51. The molecule has 0 aromatic carbocycles. The maximum Gasteiger partial charge on any atom is 0.00202 e. The third kappa shape index (κ3) is 4.12. The van der Waals surface area contributed by atoms with Crippen LogP contribution < -0.4 is 5.32 Å². The van der Waals surface area contributed by atoms with Crippen LogP contribution in [0.1, 0.15) is 59.8 Å². The summed E-state index contributed by atoms with van der Waals surface area (Å²) in [6.07, 6.45) is 7.23. The van der Waals surface area contributed by atoms with Gasteiger partial charge >= 0.3 is 0 Å². The molecule has 0 radical (unpaired) electrons. The molecule has 0 atom stereocenters. The highest BCUT2D eigenvalue weighted by Gasteiger charge is 2.38. The Kier molecular flexibility index (Phi) is 7.35. The van der Waals surface area contributed by atoms with Crippen LogP contribution in [0.3, 0.4) is 0 Å². The van der Waals surface area contributed by atoms with E-state index in [4.69, 9.17) is 0 Å². The van der Waals surface area contributed by atoms with Crippen LogP contribution in [0.15, 0.2) is 0 Å². The molecule has 0 aromatic heterocycles. The van der Waals surface area contributed by atoms with Gasteiger partial charge in [0.1, 0.15) is 0 Å². The predicted octanol–water partition coefficient (Wildman–Crippen LogP) is 3.59. The first-order chi connectivity index (χ1) is 6.33. The van der Waals surface area contributed by atoms with E-state index in [0.717, 1.165) is 5.41 Å². The Hall–Kier alpha value is -0.0400. The highest BCUT2D eigenvalue weighted by molar-refractivity contribution is 4.95. The molecule has 1 N–H and O–H groups in total. The van der Waals surface area contributed by atoms with E-state index in [0.29, 0.717) is 0 Å². The molecule has 0 aromatic rings. The average molecular weight is 185 g/mol. The Morgan fingerprint density at radius 2 is 1.38 bits per heavy atom. The van der Waals surface area contributed by atoms with Gasteiger partial charge in [-0.1, -0.05) is 47.0 Å². The van der Waals surface area contributed by atoms with Gasteiger partial charge in [0, 0.05) is 13.1 Å². The maximum absolute atomic E-state index is 3.34. The van der Waals surface area contributed by atoms with Crippen LogP contribution in [0.4, 0.5) is 0 Å². The van der Waals surface area contributed by atoms with Gasteiger partial charge in [-0.3, -0.25) is 0 Å². The van der Waals surface area contributed by atoms with Crippen LogP contribution in [0.5, 0.6) is 0 Å². The minimum Gasteiger partial charge on any atom is -0.316 e. The summed E-state index contributed by atoms with van der Waals surface area (Å²) in [6, 6.07) is 0. The van der Waals surface area contributed by atoms with Crippen molar-refractivity contribution in [2.75, 3.05) is 13.1 Å². The Morgan fingerprint density at radius 3 is 1.54 bits per heavy atom. The van der Waals surface area contributed by atoms with Crippen molar-refractivity contribution >= 4 is 0 Å². The highest BCUT2D eigenvalue weighted by Crippen LogP contribution is 2.40. The molecule has 1 saturated carbocycles. The Balaban J connectivity index is 0.000000251. The second-order valence-electron chi connectivity index (χ2n) is 4.02. The van der Waals surface area contributed by atoms with Gasteiger partial charge in [0.15, 0.2) is 0 Å². The quantitative estimate of drug-likeness (QED) is 0.608. The van der Waals surface area contributed by atoms with Crippen molar-refractivity contribution in [3.63, 3.8) is 0 Å². The Morgan fingerprint density at radius 1 is 1.00 bits per heavy atom. The Labute approximate surface area is 84.3 Å². The molecule has 13 heavy (non-hydrogen) atoms. The number of nitrogens with one attached hydrogen (secondary N) is 1. The molecule has 1 aliphatic carbocycles. The summed E-state index contributed by atoms with van der Waals surface area (Å²) in [7, 11) is 0. The lowest BCUT2D eigenvalue weighted by atomic mass is 9.80. The summed E-state index contributed by atoms with van der Waals surface area (Å²) in [4.78, 5) is 0. The van der Waals surface area contributed by atoms with Crippen LogP contribution in [-0.4, -0.2) is 13.1 Å². The summed E-state index contributed by atoms with van der Waals surface area (Å²) >= 11 is 0. The maximum atomic E-state index is 3.34. The van der Waals surface area contributed by atoms with Gasteiger partial charge < -0.3 is 5.32 Å². The van der Waals surface area contributed by atoms with Crippen molar-refractivity contribution in [1.29, 1.82) is 0 Å². The molecule has 0 unspecified atom stereocenters. The van der Waals surface area contributed by atoms with E-state index in [1.54, 1.807) is 0 Å². The number of rotatable bonds is 0. The monoisotopic (exact) mass is 185 g/mol.